The lowest BCUT2D eigenvalue weighted by atomic mass is 9.96. The first-order chi connectivity index (χ1) is 14.9. The van der Waals surface area contributed by atoms with Gasteiger partial charge in [0, 0.05) is 0 Å². The SMILES string of the molecule is CC(C)[Si](O)(c1cc2ccc1CCc1ccc(c([Si](O)(C(C)C)C(C)C)c1)CC2)C(C)C. The minimum absolute atomic E-state index is 0.285. The zero-order valence-electron chi connectivity index (χ0n) is 21.5. The molecule has 0 heterocycles. The first kappa shape index (κ1) is 25.4. The summed E-state index contributed by atoms with van der Waals surface area (Å²) in [4.78, 5) is 23.9. The monoisotopic (exact) mass is 468 g/mol. The fraction of sp³-hybridized carbons (Fsp3) is 0.571. The van der Waals surface area contributed by atoms with E-state index in [-0.39, 0.29) is 22.2 Å². The highest BCUT2D eigenvalue weighted by Gasteiger charge is 2.43. The van der Waals surface area contributed by atoms with Gasteiger partial charge in [0.25, 0.3) is 0 Å². The van der Waals surface area contributed by atoms with Crippen LogP contribution in [0.15, 0.2) is 36.4 Å². The molecule has 2 N–H and O–H groups in total. The van der Waals surface area contributed by atoms with Crippen molar-refractivity contribution in [3.63, 3.8) is 0 Å². The molecule has 0 fully saturated rings. The highest BCUT2D eigenvalue weighted by atomic mass is 28.4. The Kier molecular flexibility index (Phi) is 7.60. The Bertz CT molecular complexity index is 853. The molecule has 0 aromatic heterocycles. The van der Waals surface area contributed by atoms with Crippen LogP contribution in [0.1, 0.15) is 77.6 Å². The Labute approximate surface area is 198 Å². The van der Waals surface area contributed by atoms with E-state index >= 15 is 0 Å². The van der Waals surface area contributed by atoms with Crippen LogP contribution in [0.3, 0.4) is 0 Å². The van der Waals surface area contributed by atoms with Crippen molar-refractivity contribution >= 4 is 27.0 Å². The molecule has 32 heavy (non-hydrogen) atoms. The minimum atomic E-state index is -2.60. The van der Waals surface area contributed by atoms with Crippen molar-refractivity contribution < 1.29 is 9.59 Å². The molecule has 0 saturated heterocycles. The van der Waals surface area contributed by atoms with Gasteiger partial charge in [-0.2, -0.15) is 0 Å². The van der Waals surface area contributed by atoms with E-state index in [1.54, 1.807) is 0 Å². The fourth-order valence-corrected chi connectivity index (χ4v) is 13.3. The molecule has 4 aliphatic rings. The molecule has 0 atom stereocenters. The quantitative estimate of drug-likeness (QED) is 0.550. The van der Waals surface area contributed by atoms with Crippen molar-refractivity contribution in [2.75, 3.05) is 0 Å². The fourth-order valence-electron chi connectivity index (χ4n) is 5.88. The number of aryl methyl sites for hydroxylation is 4. The topological polar surface area (TPSA) is 40.5 Å². The predicted octanol–water partition coefficient (Wildman–Crippen LogP) is 5.50. The van der Waals surface area contributed by atoms with Crippen LogP contribution in [0.4, 0.5) is 0 Å². The molecule has 0 saturated carbocycles. The first-order valence-corrected chi connectivity index (χ1v) is 16.8. The molecule has 2 nitrogen and oxygen atoms in total. The Morgan fingerprint density at radius 2 is 0.844 bits per heavy atom. The number of hydrogen-bond acceptors (Lipinski definition) is 2. The Morgan fingerprint density at radius 1 is 0.531 bits per heavy atom. The van der Waals surface area contributed by atoms with E-state index in [4.69, 9.17) is 0 Å². The average molecular weight is 469 g/mol. The van der Waals surface area contributed by atoms with Gasteiger partial charge in [-0.25, -0.2) is 0 Å². The number of hydrogen-bond donors (Lipinski definition) is 2. The Hall–Kier alpha value is -1.21. The van der Waals surface area contributed by atoms with Crippen molar-refractivity contribution in [1.29, 1.82) is 0 Å². The average Bonchev–Trinajstić information content (AvgIpc) is 2.73. The van der Waals surface area contributed by atoms with Crippen LogP contribution in [0, 0.1) is 0 Å². The zero-order chi connectivity index (χ0) is 23.8. The van der Waals surface area contributed by atoms with Gasteiger partial charge in [0.15, 0.2) is 0 Å². The van der Waals surface area contributed by atoms with Crippen molar-refractivity contribution in [2.24, 2.45) is 0 Å². The van der Waals surface area contributed by atoms with Gasteiger partial charge < -0.3 is 9.59 Å². The summed E-state index contributed by atoms with van der Waals surface area (Å²) >= 11 is 0. The van der Waals surface area contributed by atoms with Crippen LogP contribution in [0.2, 0.25) is 22.2 Å². The minimum Gasteiger partial charge on any atom is -0.427 e. The van der Waals surface area contributed by atoms with E-state index in [9.17, 15) is 9.59 Å². The van der Waals surface area contributed by atoms with Crippen molar-refractivity contribution in [1.82, 2.24) is 0 Å². The second kappa shape index (κ2) is 9.57. The van der Waals surface area contributed by atoms with Gasteiger partial charge in [0.2, 0.25) is 16.6 Å². The lowest BCUT2D eigenvalue weighted by molar-refractivity contribution is 0.512. The molecule has 0 aliphatic heterocycles. The summed E-state index contributed by atoms with van der Waals surface area (Å²) in [6, 6.07) is 13.8. The highest BCUT2D eigenvalue weighted by molar-refractivity contribution is 6.88. The molecule has 0 unspecified atom stereocenters. The van der Waals surface area contributed by atoms with Crippen LogP contribution in [-0.4, -0.2) is 26.2 Å². The van der Waals surface area contributed by atoms with Crippen LogP contribution in [0.5, 0.6) is 0 Å². The third-order valence-corrected chi connectivity index (χ3v) is 17.8. The summed E-state index contributed by atoms with van der Waals surface area (Å²) in [5, 5.41) is 2.51. The lowest BCUT2D eigenvalue weighted by Crippen LogP contribution is -2.55. The molecule has 2 aromatic carbocycles. The van der Waals surface area contributed by atoms with E-state index in [1.165, 1.54) is 32.6 Å². The van der Waals surface area contributed by atoms with Gasteiger partial charge in [-0.05, 0) is 80.5 Å². The predicted molar refractivity (Wildman–Crippen MR) is 143 cm³/mol. The number of rotatable bonds is 6. The molecule has 0 radical (unpaired) electrons. The van der Waals surface area contributed by atoms with E-state index in [2.05, 4.69) is 91.8 Å². The van der Waals surface area contributed by atoms with Crippen LogP contribution < -0.4 is 10.4 Å². The maximum atomic E-state index is 12.0. The molecule has 4 aliphatic carbocycles. The molecular weight excluding hydrogens is 424 g/mol. The highest BCUT2D eigenvalue weighted by Crippen LogP contribution is 2.33. The molecule has 4 bridgehead atoms. The summed E-state index contributed by atoms with van der Waals surface area (Å²) in [5.41, 5.74) is 6.39. The molecule has 2 aromatic rings. The summed E-state index contributed by atoms with van der Waals surface area (Å²) in [7, 11) is -5.21. The van der Waals surface area contributed by atoms with Crippen molar-refractivity contribution in [2.45, 2.75) is 103 Å². The summed E-state index contributed by atoms with van der Waals surface area (Å²) in [6.45, 7) is 17.6. The molecule has 0 amide bonds. The third-order valence-electron chi connectivity index (χ3n) is 8.10. The summed E-state index contributed by atoms with van der Waals surface area (Å²) < 4.78 is 0. The van der Waals surface area contributed by atoms with E-state index in [0.717, 1.165) is 25.7 Å². The van der Waals surface area contributed by atoms with Crippen molar-refractivity contribution in [3.8, 4) is 0 Å². The molecular formula is C28H44O2Si2. The van der Waals surface area contributed by atoms with E-state index in [1.807, 2.05) is 0 Å². The van der Waals surface area contributed by atoms with Gasteiger partial charge in [-0.15, -0.1) is 0 Å². The normalized spacial score (nSPS) is 15.2. The second-order valence-electron chi connectivity index (χ2n) is 11.3. The largest absolute Gasteiger partial charge is 0.427 e. The van der Waals surface area contributed by atoms with Gasteiger partial charge >= 0.3 is 0 Å². The summed E-state index contributed by atoms with van der Waals surface area (Å²) in [5.74, 6) is 0. The molecule has 4 heteroatoms. The Morgan fingerprint density at radius 3 is 1.12 bits per heavy atom. The Balaban J connectivity index is 2.12. The lowest BCUT2D eigenvalue weighted by Gasteiger charge is -2.37. The maximum Gasteiger partial charge on any atom is 0.225 e. The maximum absolute atomic E-state index is 12.0. The number of benzene rings is 2. The molecule has 6 rings (SSSR count). The molecule has 176 valence electrons. The zero-order valence-corrected chi connectivity index (χ0v) is 23.5. The van der Waals surface area contributed by atoms with E-state index < -0.39 is 16.6 Å². The third kappa shape index (κ3) is 4.44. The standard InChI is InChI=1S/C28H44O2Si2/c1-19(2)31(29,20(3)4)27-17-23-9-13-25(27)15-11-24-10-14-26(16-12-23)28(18-24)32(30,21(5)6)22(7)8/h9-10,13-14,17-22,29-30H,11-12,15-16H2,1-8H3. The van der Waals surface area contributed by atoms with Gasteiger partial charge in [-0.1, -0.05) is 91.8 Å². The second-order valence-corrected chi connectivity index (χ2v) is 20.3. The van der Waals surface area contributed by atoms with E-state index in [0.29, 0.717) is 0 Å². The first-order valence-electron chi connectivity index (χ1n) is 12.6. The van der Waals surface area contributed by atoms with Crippen LogP contribution in [-0.2, 0) is 25.7 Å². The van der Waals surface area contributed by atoms with Crippen molar-refractivity contribution in [3.05, 3.63) is 58.7 Å². The van der Waals surface area contributed by atoms with Crippen LogP contribution in [0.25, 0.3) is 0 Å². The molecule has 0 spiro atoms. The van der Waals surface area contributed by atoms with Gasteiger partial charge in [-0.3, -0.25) is 0 Å². The van der Waals surface area contributed by atoms with Gasteiger partial charge in [0.05, 0.1) is 0 Å². The van der Waals surface area contributed by atoms with Gasteiger partial charge in [0.1, 0.15) is 0 Å². The smallest absolute Gasteiger partial charge is 0.225 e. The van der Waals surface area contributed by atoms with Crippen LogP contribution >= 0.6 is 0 Å². The summed E-state index contributed by atoms with van der Waals surface area (Å²) in [6.07, 6.45) is 3.76.